The lowest BCUT2D eigenvalue weighted by Crippen LogP contribution is -2.24. The molecule has 1 aromatic carbocycles. The van der Waals surface area contributed by atoms with Gasteiger partial charge >= 0.3 is 5.97 Å². The summed E-state index contributed by atoms with van der Waals surface area (Å²) in [6, 6.07) is 12.4. The number of fused-ring (bicyclic) bond motifs is 1. The molecule has 4 rings (SSSR count). The Hall–Kier alpha value is -3.04. The first kappa shape index (κ1) is 26.0. The number of ether oxygens (including phenoxy) is 2. The van der Waals surface area contributed by atoms with Gasteiger partial charge in [0.05, 0.1) is 37.2 Å². The Morgan fingerprint density at radius 3 is 2.81 bits per heavy atom. The quantitative estimate of drug-likeness (QED) is 0.364. The lowest BCUT2D eigenvalue weighted by Gasteiger charge is -2.14. The number of nitrogens with one attached hydrogen (secondary N) is 2. The summed E-state index contributed by atoms with van der Waals surface area (Å²) in [7, 11) is 1.36. The number of nitrogens with zero attached hydrogens (tertiary/aromatic N) is 2. The number of methoxy groups -OCH3 is 1. The number of thioether (sulfide) groups is 1. The highest BCUT2D eigenvalue weighted by atomic mass is 32.2. The molecular formula is C27H34N4O4S. The van der Waals surface area contributed by atoms with E-state index in [1.54, 1.807) is 18.0 Å². The molecule has 1 saturated heterocycles. The molecule has 3 aromatic rings. The van der Waals surface area contributed by atoms with Gasteiger partial charge in [0, 0.05) is 30.3 Å². The van der Waals surface area contributed by atoms with Crippen LogP contribution in [-0.4, -0.2) is 59.8 Å². The molecule has 0 spiro atoms. The van der Waals surface area contributed by atoms with Crippen molar-refractivity contribution >= 4 is 46.0 Å². The molecule has 0 aliphatic carbocycles. The number of esters is 1. The molecule has 0 radical (unpaired) electrons. The zero-order valence-electron chi connectivity index (χ0n) is 21.1. The van der Waals surface area contributed by atoms with E-state index < -0.39 is 5.97 Å². The third-order valence-corrected chi connectivity index (χ3v) is 7.18. The highest BCUT2D eigenvalue weighted by Gasteiger charge is 2.29. The maximum Gasteiger partial charge on any atom is 0.356 e. The number of rotatable bonds is 11. The number of hydrogen-bond donors (Lipinski definition) is 2. The van der Waals surface area contributed by atoms with Crippen LogP contribution < -0.4 is 10.6 Å². The van der Waals surface area contributed by atoms with Crippen LogP contribution in [0.2, 0.25) is 0 Å². The van der Waals surface area contributed by atoms with Crippen LogP contribution in [0.5, 0.6) is 0 Å². The van der Waals surface area contributed by atoms with Gasteiger partial charge in [0.25, 0.3) is 0 Å². The number of carbonyl (C=O) groups excluding carboxylic acids is 2. The van der Waals surface area contributed by atoms with Crippen LogP contribution in [0.3, 0.4) is 0 Å². The van der Waals surface area contributed by atoms with Crippen LogP contribution in [0.1, 0.15) is 35.8 Å². The topological polar surface area (TPSA) is 94.5 Å². The number of aryl methyl sites for hydroxylation is 2. The average Bonchev–Trinajstić information content (AvgIpc) is 3.52. The van der Waals surface area contributed by atoms with Gasteiger partial charge in [-0.3, -0.25) is 4.79 Å². The van der Waals surface area contributed by atoms with Crippen molar-refractivity contribution in [2.24, 2.45) is 5.92 Å². The SMILES string of the molecule is COC(=O)c1c(NC(=O)C2CCOC2)c2cc(NC(C)CSC)cnc2n1CCCc1ccccc1. The molecule has 1 amide bonds. The molecule has 2 unspecified atom stereocenters. The molecular weight excluding hydrogens is 476 g/mol. The van der Waals surface area contributed by atoms with Crippen molar-refractivity contribution in [1.82, 2.24) is 9.55 Å². The lowest BCUT2D eigenvalue weighted by molar-refractivity contribution is -0.119. The van der Waals surface area contributed by atoms with Crippen molar-refractivity contribution in [3.05, 3.63) is 53.9 Å². The minimum Gasteiger partial charge on any atom is -0.464 e. The zero-order chi connectivity index (χ0) is 25.5. The van der Waals surface area contributed by atoms with Gasteiger partial charge in [0.2, 0.25) is 5.91 Å². The van der Waals surface area contributed by atoms with Crippen LogP contribution in [0.4, 0.5) is 11.4 Å². The lowest BCUT2D eigenvalue weighted by atomic mass is 10.1. The molecule has 2 atom stereocenters. The first-order valence-corrected chi connectivity index (χ1v) is 13.7. The molecule has 8 nitrogen and oxygen atoms in total. The molecule has 9 heteroatoms. The Labute approximate surface area is 216 Å². The van der Waals surface area contributed by atoms with Gasteiger partial charge in [-0.15, -0.1) is 0 Å². The largest absolute Gasteiger partial charge is 0.464 e. The number of benzene rings is 1. The summed E-state index contributed by atoms with van der Waals surface area (Å²) in [6.07, 6.45) is 6.16. The standard InChI is InChI=1S/C27H34N4O4S/c1-18(17-36-3)29-21-14-22-23(30-26(32)20-11-13-35-16-20)24(27(33)34-2)31(25(22)28-15-21)12-7-10-19-8-5-4-6-9-19/h4-6,8-9,14-15,18,20,29H,7,10-13,16-17H2,1-3H3,(H,30,32). The zero-order valence-corrected chi connectivity index (χ0v) is 21.9. The number of hydrogen-bond acceptors (Lipinski definition) is 7. The van der Waals surface area contributed by atoms with Crippen molar-refractivity contribution in [1.29, 1.82) is 0 Å². The monoisotopic (exact) mass is 510 g/mol. The van der Waals surface area contributed by atoms with E-state index in [4.69, 9.17) is 14.5 Å². The average molecular weight is 511 g/mol. The predicted octanol–water partition coefficient (Wildman–Crippen LogP) is 4.59. The van der Waals surface area contributed by atoms with Gasteiger partial charge in [0.1, 0.15) is 5.65 Å². The minimum absolute atomic E-state index is 0.157. The number of amides is 1. The van der Waals surface area contributed by atoms with Crippen molar-refractivity contribution in [2.75, 3.05) is 43.0 Å². The highest BCUT2D eigenvalue weighted by molar-refractivity contribution is 7.98. The fourth-order valence-electron chi connectivity index (χ4n) is 4.59. The molecule has 192 valence electrons. The van der Waals surface area contributed by atoms with E-state index in [1.165, 1.54) is 12.7 Å². The maximum absolute atomic E-state index is 13.1. The Bertz CT molecular complexity index is 1190. The number of aromatic nitrogens is 2. The van der Waals surface area contributed by atoms with Gasteiger partial charge in [-0.25, -0.2) is 9.78 Å². The van der Waals surface area contributed by atoms with Gasteiger partial charge in [0.15, 0.2) is 5.69 Å². The fraction of sp³-hybridized carbons (Fsp3) is 0.444. The summed E-state index contributed by atoms with van der Waals surface area (Å²) in [6.45, 7) is 3.61. The second-order valence-corrected chi connectivity index (χ2v) is 10.0. The van der Waals surface area contributed by atoms with Crippen LogP contribution in [0.25, 0.3) is 11.0 Å². The molecule has 36 heavy (non-hydrogen) atoms. The number of carbonyl (C=O) groups is 2. The first-order valence-electron chi connectivity index (χ1n) is 12.3. The van der Waals surface area contributed by atoms with E-state index in [0.29, 0.717) is 48.6 Å². The summed E-state index contributed by atoms with van der Waals surface area (Å²) >= 11 is 1.76. The van der Waals surface area contributed by atoms with Crippen molar-refractivity contribution in [3.63, 3.8) is 0 Å². The normalized spacial score (nSPS) is 16.1. The second-order valence-electron chi connectivity index (χ2n) is 9.10. The Morgan fingerprint density at radius 1 is 1.31 bits per heavy atom. The third-order valence-electron chi connectivity index (χ3n) is 6.35. The van der Waals surface area contributed by atoms with Crippen LogP contribution in [0, 0.1) is 5.92 Å². The molecule has 3 heterocycles. The minimum atomic E-state index is -0.504. The summed E-state index contributed by atoms with van der Waals surface area (Å²) in [5.74, 6) is 0.0333. The third kappa shape index (κ3) is 6.02. The summed E-state index contributed by atoms with van der Waals surface area (Å²) < 4.78 is 12.4. The van der Waals surface area contributed by atoms with Crippen LogP contribution in [0.15, 0.2) is 42.6 Å². The summed E-state index contributed by atoms with van der Waals surface area (Å²) in [5.41, 5.74) is 3.47. The number of pyridine rings is 1. The van der Waals surface area contributed by atoms with Gasteiger partial charge in [-0.1, -0.05) is 30.3 Å². The second kappa shape index (κ2) is 12.3. The van der Waals surface area contributed by atoms with Crippen LogP contribution >= 0.6 is 11.8 Å². The predicted molar refractivity (Wildman–Crippen MR) is 145 cm³/mol. The van der Waals surface area contributed by atoms with Gasteiger partial charge in [-0.2, -0.15) is 11.8 Å². The van der Waals surface area contributed by atoms with E-state index in [9.17, 15) is 9.59 Å². The van der Waals surface area contributed by atoms with E-state index in [0.717, 1.165) is 24.3 Å². The smallest absolute Gasteiger partial charge is 0.356 e. The highest BCUT2D eigenvalue weighted by Crippen LogP contribution is 2.34. The van der Waals surface area contributed by atoms with Crippen LogP contribution in [-0.2, 0) is 27.2 Å². The number of anilines is 2. The van der Waals surface area contributed by atoms with Crippen molar-refractivity contribution in [3.8, 4) is 0 Å². The maximum atomic E-state index is 13.1. The van der Waals surface area contributed by atoms with Gasteiger partial charge < -0.3 is 24.7 Å². The summed E-state index contributed by atoms with van der Waals surface area (Å²) in [5, 5.41) is 7.21. The van der Waals surface area contributed by atoms with Gasteiger partial charge in [-0.05, 0) is 44.1 Å². The molecule has 1 aliphatic heterocycles. The van der Waals surface area contributed by atoms with Crippen molar-refractivity contribution in [2.45, 2.75) is 38.8 Å². The Kier molecular flexibility index (Phi) is 8.88. The molecule has 2 N–H and O–H groups in total. The molecule has 1 aliphatic rings. The molecule has 0 saturated carbocycles. The van der Waals surface area contributed by atoms with E-state index in [1.807, 2.05) is 28.8 Å². The van der Waals surface area contributed by atoms with Crippen molar-refractivity contribution < 1.29 is 19.1 Å². The Morgan fingerprint density at radius 2 is 2.11 bits per heavy atom. The molecule has 1 fully saturated rings. The molecule has 0 bridgehead atoms. The Balaban J connectivity index is 1.73. The first-order chi connectivity index (χ1) is 17.5. The molecule has 2 aromatic heterocycles. The summed E-state index contributed by atoms with van der Waals surface area (Å²) in [4.78, 5) is 30.9. The van der Waals surface area contributed by atoms with E-state index in [2.05, 4.69) is 35.9 Å². The fourth-order valence-corrected chi connectivity index (χ4v) is 5.17. The van der Waals surface area contributed by atoms with E-state index >= 15 is 0 Å². The van der Waals surface area contributed by atoms with E-state index in [-0.39, 0.29) is 17.9 Å².